The Hall–Kier alpha value is -3.08. The Morgan fingerprint density at radius 3 is 2.42 bits per heavy atom. The first-order valence-electron chi connectivity index (χ1n) is 7.67. The number of carbonyl (C=O) groups excluding carboxylic acids is 2. The number of rotatable bonds is 5. The Morgan fingerprint density at radius 1 is 1.04 bits per heavy atom. The molecule has 0 bridgehead atoms. The molecule has 0 atom stereocenters. The van der Waals surface area contributed by atoms with Gasteiger partial charge in [-0.2, -0.15) is 0 Å². The topological polar surface area (TPSA) is 67.4 Å². The number of ether oxygens (including phenoxy) is 1. The van der Waals surface area contributed by atoms with E-state index >= 15 is 0 Å². The number of hydrogen-bond donors (Lipinski definition) is 2. The van der Waals surface area contributed by atoms with Crippen molar-refractivity contribution in [1.29, 1.82) is 0 Å². The van der Waals surface area contributed by atoms with Gasteiger partial charge in [0.15, 0.2) is 0 Å². The van der Waals surface area contributed by atoms with Gasteiger partial charge < -0.3 is 4.74 Å². The Morgan fingerprint density at radius 2 is 1.75 bits per heavy atom. The van der Waals surface area contributed by atoms with Crippen molar-refractivity contribution < 1.29 is 14.3 Å². The highest BCUT2D eigenvalue weighted by atomic mass is 16.5. The van der Waals surface area contributed by atoms with E-state index in [-0.39, 0.29) is 0 Å². The minimum absolute atomic E-state index is 0.393. The summed E-state index contributed by atoms with van der Waals surface area (Å²) in [6, 6.07) is 14.4. The van der Waals surface area contributed by atoms with E-state index in [4.69, 9.17) is 4.74 Å². The molecule has 2 aromatic carbocycles. The van der Waals surface area contributed by atoms with Crippen LogP contribution in [0.15, 0.2) is 54.6 Å². The van der Waals surface area contributed by atoms with Gasteiger partial charge in [0, 0.05) is 11.6 Å². The molecule has 24 heavy (non-hydrogen) atoms. The van der Waals surface area contributed by atoms with E-state index < -0.39 is 11.8 Å². The van der Waals surface area contributed by atoms with E-state index in [0.717, 1.165) is 11.1 Å². The molecule has 0 fully saturated rings. The second kappa shape index (κ2) is 8.53. The number of nitrogens with one attached hydrogen (secondary N) is 2. The minimum Gasteiger partial charge on any atom is -0.494 e. The second-order valence-electron chi connectivity index (χ2n) is 5.09. The zero-order valence-corrected chi connectivity index (χ0v) is 13.7. The molecular weight excluding hydrogens is 304 g/mol. The van der Waals surface area contributed by atoms with Crippen molar-refractivity contribution in [3.05, 3.63) is 71.3 Å². The lowest BCUT2D eigenvalue weighted by atomic mass is 10.1. The predicted molar refractivity (Wildman–Crippen MR) is 93.4 cm³/mol. The highest BCUT2D eigenvalue weighted by Crippen LogP contribution is 2.12. The first kappa shape index (κ1) is 17.3. The number of hydrogen-bond acceptors (Lipinski definition) is 3. The summed E-state index contributed by atoms with van der Waals surface area (Å²) in [6.07, 6.45) is 3.08. The van der Waals surface area contributed by atoms with Gasteiger partial charge in [0.2, 0.25) is 0 Å². The van der Waals surface area contributed by atoms with Gasteiger partial charge in [-0.15, -0.1) is 0 Å². The Kier molecular flexibility index (Phi) is 6.14. The van der Waals surface area contributed by atoms with Gasteiger partial charge in [0.05, 0.1) is 6.61 Å². The average Bonchev–Trinajstić information content (AvgIpc) is 2.60. The van der Waals surface area contributed by atoms with Crippen LogP contribution in [-0.4, -0.2) is 18.4 Å². The SMILES string of the molecule is CCOc1ccc(C(=O)NNC(=O)/C=C/c2ccccc2C)cc1. The van der Waals surface area contributed by atoms with Gasteiger partial charge in [-0.25, -0.2) is 0 Å². The molecule has 0 radical (unpaired) electrons. The Bertz CT molecular complexity index is 737. The summed E-state index contributed by atoms with van der Waals surface area (Å²) < 4.78 is 5.31. The van der Waals surface area contributed by atoms with E-state index in [1.165, 1.54) is 6.08 Å². The van der Waals surface area contributed by atoms with Crippen molar-refractivity contribution in [3.8, 4) is 5.75 Å². The van der Waals surface area contributed by atoms with Crippen LogP contribution in [0.3, 0.4) is 0 Å². The summed E-state index contributed by atoms with van der Waals surface area (Å²) in [5, 5.41) is 0. The van der Waals surface area contributed by atoms with Crippen LogP contribution >= 0.6 is 0 Å². The third kappa shape index (κ3) is 4.98. The molecule has 5 heteroatoms. The molecule has 2 amide bonds. The van der Waals surface area contributed by atoms with E-state index in [9.17, 15) is 9.59 Å². The Labute approximate surface area is 141 Å². The summed E-state index contributed by atoms with van der Waals surface area (Å²) in [4.78, 5) is 23.7. The Balaban J connectivity index is 1.87. The lowest BCUT2D eigenvalue weighted by Crippen LogP contribution is -2.40. The minimum atomic E-state index is -0.405. The molecule has 124 valence electrons. The first-order valence-corrected chi connectivity index (χ1v) is 7.67. The van der Waals surface area contributed by atoms with Crippen molar-refractivity contribution in [1.82, 2.24) is 10.9 Å². The first-order chi connectivity index (χ1) is 11.6. The van der Waals surface area contributed by atoms with Crippen LogP contribution < -0.4 is 15.6 Å². The molecule has 0 aliphatic rings. The molecule has 0 saturated carbocycles. The summed E-state index contributed by atoms with van der Waals surface area (Å²) in [5.41, 5.74) is 7.18. The van der Waals surface area contributed by atoms with Crippen LogP contribution in [0.5, 0.6) is 5.75 Å². The van der Waals surface area contributed by atoms with Crippen molar-refractivity contribution in [2.75, 3.05) is 6.61 Å². The van der Waals surface area contributed by atoms with Crippen molar-refractivity contribution in [2.24, 2.45) is 0 Å². The van der Waals surface area contributed by atoms with Gasteiger partial charge in [-0.05, 0) is 55.3 Å². The maximum Gasteiger partial charge on any atom is 0.269 e. The molecule has 2 rings (SSSR count). The molecule has 2 N–H and O–H groups in total. The summed E-state index contributed by atoms with van der Waals surface area (Å²) >= 11 is 0. The van der Waals surface area contributed by atoms with E-state index in [1.54, 1.807) is 30.3 Å². The molecule has 0 aliphatic heterocycles. The monoisotopic (exact) mass is 324 g/mol. The highest BCUT2D eigenvalue weighted by Gasteiger charge is 2.06. The molecule has 5 nitrogen and oxygen atoms in total. The number of hydrazine groups is 1. The van der Waals surface area contributed by atoms with Crippen LogP contribution in [0.2, 0.25) is 0 Å². The maximum absolute atomic E-state index is 12.0. The smallest absolute Gasteiger partial charge is 0.269 e. The van der Waals surface area contributed by atoms with Crippen LogP contribution in [0.25, 0.3) is 6.08 Å². The fourth-order valence-electron chi connectivity index (χ4n) is 2.04. The lowest BCUT2D eigenvalue weighted by Gasteiger charge is -2.07. The lowest BCUT2D eigenvalue weighted by molar-refractivity contribution is -0.117. The van der Waals surface area contributed by atoms with Gasteiger partial charge >= 0.3 is 0 Å². The summed E-state index contributed by atoms with van der Waals surface area (Å²) in [6.45, 7) is 4.42. The number of carbonyl (C=O) groups is 2. The molecule has 0 heterocycles. The number of amides is 2. The average molecular weight is 324 g/mol. The largest absolute Gasteiger partial charge is 0.494 e. The molecule has 0 aliphatic carbocycles. The zero-order chi connectivity index (χ0) is 17.4. The predicted octanol–water partition coefficient (Wildman–Crippen LogP) is 2.87. The number of aryl methyl sites for hydroxylation is 1. The third-order valence-electron chi connectivity index (χ3n) is 3.33. The van der Waals surface area contributed by atoms with Crippen LogP contribution in [0.4, 0.5) is 0 Å². The van der Waals surface area contributed by atoms with Gasteiger partial charge in [0.25, 0.3) is 11.8 Å². The standard InChI is InChI=1S/C19H20N2O3/c1-3-24-17-11-8-16(9-12-17)19(23)21-20-18(22)13-10-15-7-5-4-6-14(15)2/h4-13H,3H2,1-2H3,(H,20,22)(H,21,23)/b13-10+. The van der Waals surface area contributed by atoms with E-state index in [1.807, 2.05) is 38.1 Å². The normalized spacial score (nSPS) is 10.4. The van der Waals surface area contributed by atoms with Crippen molar-refractivity contribution in [2.45, 2.75) is 13.8 Å². The molecule has 0 saturated heterocycles. The van der Waals surface area contributed by atoms with Crippen molar-refractivity contribution >= 4 is 17.9 Å². The fraction of sp³-hybridized carbons (Fsp3) is 0.158. The van der Waals surface area contributed by atoms with Crippen LogP contribution in [0.1, 0.15) is 28.4 Å². The quantitative estimate of drug-likeness (QED) is 0.656. The van der Waals surface area contributed by atoms with Gasteiger partial charge in [-0.3, -0.25) is 20.4 Å². The summed E-state index contributed by atoms with van der Waals surface area (Å²) in [5.74, 6) is -0.104. The van der Waals surface area contributed by atoms with Crippen molar-refractivity contribution in [3.63, 3.8) is 0 Å². The highest BCUT2D eigenvalue weighted by molar-refractivity contribution is 5.98. The fourth-order valence-corrected chi connectivity index (χ4v) is 2.04. The molecule has 2 aromatic rings. The van der Waals surface area contributed by atoms with Gasteiger partial charge in [-0.1, -0.05) is 24.3 Å². The van der Waals surface area contributed by atoms with E-state index in [0.29, 0.717) is 17.9 Å². The zero-order valence-electron chi connectivity index (χ0n) is 13.7. The molecule has 0 spiro atoms. The van der Waals surface area contributed by atoms with Gasteiger partial charge in [0.1, 0.15) is 5.75 Å². The maximum atomic E-state index is 12.0. The third-order valence-corrected chi connectivity index (χ3v) is 3.33. The second-order valence-corrected chi connectivity index (χ2v) is 5.09. The summed E-state index contributed by atoms with van der Waals surface area (Å²) in [7, 11) is 0. The van der Waals surface area contributed by atoms with Crippen LogP contribution in [-0.2, 0) is 4.79 Å². The van der Waals surface area contributed by atoms with Crippen LogP contribution in [0, 0.1) is 6.92 Å². The number of benzene rings is 2. The van der Waals surface area contributed by atoms with E-state index in [2.05, 4.69) is 10.9 Å². The molecule has 0 unspecified atom stereocenters. The molecule has 0 aromatic heterocycles. The molecular formula is C19H20N2O3.